The maximum absolute atomic E-state index is 13.0. The quantitative estimate of drug-likeness (QED) is 0.907. The summed E-state index contributed by atoms with van der Waals surface area (Å²) in [5, 5.41) is 11.9. The average Bonchev–Trinajstić information content (AvgIpc) is 3.12. The maximum Gasteiger partial charge on any atom is 0.276 e. The van der Waals surface area contributed by atoms with Crippen molar-refractivity contribution in [1.29, 1.82) is 0 Å². The van der Waals surface area contributed by atoms with Gasteiger partial charge in [-0.2, -0.15) is 0 Å². The van der Waals surface area contributed by atoms with E-state index in [-0.39, 0.29) is 24.4 Å². The van der Waals surface area contributed by atoms with Gasteiger partial charge in [-0.25, -0.2) is 4.68 Å². The Morgan fingerprint density at radius 2 is 1.96 bits per heavy atom. The molecular weight excluding hydrogens is 338 g/mol. The lowest BCUT2D eigenvalue weighted by Crippen LogP contribution is -2.39. The molecule has 134 valence electrons. The van der Waals surface area contributed by atoms with Crippen molar-refractivity contribution in [2.24, 2.45) is 0 Å². The van der Waals surface area contributed by atoms with E-state index in [1.165, 1.54) is 5.56 Å². The van der Waals surface area contributed by atoms with Crippen LogP contribution in [-0.2, 0) is 0 Å². The summed E-state index contributed by atoms with van der Waals surface area (Å²) in [7, 11) is 1.88. The summed E-state index contributed by atoms with van der Waals surface area (Å²) in [6.07, 6.45) is 3.20. The molecule has 6 nitrogen and oxygen atoms in total. The molecule has 2 fully saturated rings. The molecule has 0 radical (unpaired) electrons. The van der Waals surface area contributed by atoms with Crippen molar-refractivity contribution in [3.63, 3.8) is 0 Å². The molecule has 1 aliphatic heterocycles. The van der Waals surface area contributed by atoms with Crippen LogP contribution in [0.3, 0.4) is 0 Å². The predicted molar refractivity (Wildman–Crippen MR) is 98.7 cm³/mol. The summed E-state index contributed by atoms with van der Waals surface area (Å²) < 4.78 is 1.85. The molecule has 4 rings (SSSR count). The van der Waals surface area contributed by atoms with Crippen LogP contribution in [0.5, 0.6) is 0 Å². The fourth-order valence-corrected chi connectivity index (χ4v) is 3.34. The zero-order valence-corrected chi connectivity index (χ0v) is 15.4. The molecule has 2 aromatic rings. The SMILES string of the molecule is Cc1ccc(-n2nnc(C(=O)N(C)C3CCNC3)c2C2CC2)cc1.Cl. The Hall–Kier alpha value is -1.92. The van der Waals surface area contributed by atoms with Crippen LogP contribution in [0.2, 0.25) is 0 Å². The van der Waals surface area contributed by atoms with Crippen LogP contribution in [0, 0.1) is 6.92 Å². The van der Waals surface area contributed by atoms with Crippen molar-refractivity contribution in [2.45, 2.75) is 38.1 Å². The first-order chi connectivity index (χ1) is 11.6. The number of amides is 1. The number of aromatic nitrogens is 3. The normalized spacial score (nSPS) is 19.5. The van der Waals surface area contributed by atoms with Crippen molar-refractivity contribution in [3.05, 3.63) is 41.2 Å². The molecule has 7 heteroatoms. The lowest BCUT2D eigenvalue weighted by atomic mass is 10.1. The van der Waals surface area contributed by atoms with E-state index in [0.29, 0.717) is 11.6 Å². The van der Waals surface area contributed by atoms with Crippen LogP contribution < -0.4 is 5.32 Å². The van der Waals surface area contributed by atoms with Gasteiger partial charge in [-0.05, 0) is 44.9 Å². The molecule has 0 bridgehead atoms. The highest BCUT2D eigenvalue weighted by Gasteiger charge is 2.36. The van der Waals surface area contributed by atoms with E-state index in [2.05, 4.69) is 34.7 Å². The highest BCUT2D eigenvalue weighted by molar-refractivity contribution is 5.93. The molecule has 1 saturated carbocycles. The van der Waals surface area contributed by atoms with Gasteiger partial charge in [-0.1, -0.05) is 22.9 Å². The topological polar surface area (TPSA) is 63.1 Å². The summed E-state index contributed by atoms with van der Waals surface area (Å²) >= 11 is 0. The molecule has 1 aromatic heterocycles. The van der Waals surface area contributed by atoms with Gasteiger partial charge >= 0.3 is 0 Å². The summed E-state index contributed by atoms with van der Waals surface area (Å²) in [5.41, 5.74) is 3.67. The lowest BCUT2D eigenvalue weighted by molar-refractivity contribution is 0.0736. The van der Waals surface area contributed by atoms with Gasteiger partial charge in [0.1, 0.15) is 0 Å². The van der Waals surface area contributed by atoms with Crippen LogP contribution in [0.4, 0.5) is 0 Å². The number of carbonyl (C=O) groups excluding carboxylic acids is 1. The Labute approximate surface area is 154 Å². The number of likely N-dealkylation sites (N-methyl/N-ethyl adjacent to an activating group) is 1. The number of aryl methyl sites for hydroxylation is 1. The summed E-state index contributed by atoms with van der Waals surface area (Å²) in [5.74, 6) is 0.388. The van der Waals surface area contributed by atoms with E-state index < -0.39 is 0 Å². The second kappa shape index (κ2) is 7.14. The van der Waals surface area contributed by atoms with Crippen molar-refractivity contribution in [2.75, 3.05) is 20.1 Å². The molecular formula is C18H24ClN5O. The van der Waals surface area contributed by atoms with Crippen LogP contribution in [-0.4, -0.2) is 52.0 Å². The number of hydrogen-bond acceptors (Lipinski definition) is 4. The van der Waals surface area contributed by atoms with Crippen LogP contribution in [0.25, 0.3) is 5.69 Å². The first kappa shape index (κ1) is 17.9. The minimum Gasteiger partial charge on any atom is -0.336 e. The van der Waals surface area contributed by atoms with Gasteiger partial charge in [0.25, 0.3) is 5.91 Å². The highest BCUT2D eigenvalue weighted by Crippen LogP contribution is 2.42. The number of halogens is 1. The average molecular weight is 362 g/mol. The van der Waals surface area contributed by atoms with E-state index in [4.69, 9.17) is 0 Å². The fraction of sp³-hybridized carbons (Fsp3) is 0.500. The molecule has 1 atom stereocenters. The van der Waals surface area contributed by atoms with Crippen molar-refractivity contribution in [3.8, 4) is 5.69 Å². The minimum absolute atomic E-state index is 0. The van der Waals surface area contributed by atoms with Crippen molar-refractivity contribution < 1.29 is 4.79 Å². The van der Waals surface area contributed by atoms with Gasteiger partial charge in [0.05, 0.1) is 11.4 Å². The van der Waals surface area contributed by atoms with Crippen LogP contribution in [0.15, 0.2) is 24.3 Å². The van der Waals surface area contributed by atoms with Gasteiger partial charge < -0.3 is 10.2 Å². The van der Waals surface area contributed by atoms with Crippen LogP contribution in [0.1, 0.15) is 46.9 Å². The Bertz CT molecular complexity index is 747. The van der Waals surface area contributed by atoms with Gasteiger partial charge in [-0.15, -0.1) is 17.5 Å². The zero-order chi connectivity index (χ0) is 16.7. The Kier molecular flexibility index (Phi) is 5.11. The first-order valence-electron chi connectivity index (χ1n) is 8.65. The number of benzene rings is 1. The molecule has 1 amide bonds. The number of carbonyl (C=O) groups is 1. The van der Waals surface area contributed by atoms with Gasteiger partial charge in [0.2, 0.25) is 0 Å². The van der Waals surface area contributed by atoms with E-state index >= 15 is 0 Å². The largest absolute Gasteiger partial charge is 0.336 e. The number of nitrogens with zero attached hydrogens (tertiary/aromatic N) is 4. The summed E-state index contributed by atoms with van der Waals surface area (Å²) in [6.45, 7) is 3.88. The lowest BCUT2D eigenvalue weighted by Gasteiger charge is -2.23. The Morgan fingerprint density at radius 1 is 1.24 bits per heavy atom. The Balaban J connectivity index is 0.00000182. The fourth-order valence-electron chi connectivity index (χ4n) is 3.34. The third kappa shape index (κ3) is 3.41. The number of rotatable bonds is 4. The van der Waals surface area contributed by atoms with E-state index in [1.54, 1.807) is 0 Å². The summed E-state index contributed by atoms with van der Waals surface area (Å²) in [6, 6.07) is 8.44. The maximum atomic E-state index is 13.0. The predicted octanol–water partition coefficient (Wildman–Crippen LogP) is 2.31. The van der Waals surface area contributed by atoms with Crippen molar-refractivity contribution in [1.82, 2.24) is 25.2 Å². The molecule has 1 aliphatic carbocycles. The van der Waals surface area contributed by atoms with Gasteiger partial charge in [0.15, 0.2) is 5.69 Å². The molecule has 0 spiro atoms. The zero-order valence-electron chi connectivity index (χ0n) is 14.6. The third-order valence-electron chi connectivity index (χ3n) is 5.05. The molecule has 2 aliphatic rings. The van der Waals surface area contributed by atoms with E-state index in [1.807, 2.05) is 28.8 Å². The monoisotopic (exact) mass is 361 g/mol. The second-order valence-corrected chi connectivity index (χ2v) is 6.91. The molecule has 1 aromatic carbocycles. The number of hydrogen-bond donors (Lipinski definition) is 1. The van der Waals surface area contributed by atoms with E-state index in [9.17, 15) is 4.79 Å². The standard InChI is InChI=1S/C18H23N5O.ClH/c1-12-3-7-14(8-4-12)23-17(13-5-6-13)16(20-21-23)18(24)22(2)15-9-10-19-11-15;/h3-4,7-8,13,15,19H,5-6,9-11H2,1-2H3;1H. The third-order valence-corrected chi connectivity index (χ3v) is 5.05. The van der Waals surface area contributed by atoms with E-state index in [0.717, 1.165) is 43.7 Å². The highest BCUT2D eigenvalue weighted by atomic mass is 35.5. The van der Waals surface area contributed by atoms with Crippen molar-refractivity contribution >= 4 is 18.3 Å². The minimum atomic E-state index is -0.0102. The molecule has 2 heterocycles. The second-order valence-electron chi connectivity index (χ2n) is 6.91. The van der Waals surface area contributed by atoms with Gasteiger partial charge in [0, 0.05) is 25.6 Å². The summed E-state index contributed by atoms with van der Waals surface area (Å²) in [4.78, 5) is 14.8. The molecule has 1 N–H and O–H groups in total. The Morgan fingerprint density at radius 3 is 2.56 bits per heavy atom. The molecule has 1 unspecified atom stereocenters. The number of nitrogens with one attached hydrogen (secondary N) is 1. The smallest absolute Gasteiger partial charge is 0.276 e. The van der Waals surface area contributed by atoms with Gasteiger partial charge in [-0.3, -0.25) is 4.79 Å². The van der Waals surface area contributed by atoms with Crippen LogP contribution >= 0.6 is 12.4 Å². The molecule has 25 heavy (non-hydrogen) atoms. The first-order valence-corrected chi connectivity index (χ1v) is 8.65. The molecule has 1 saturated heterocycles.